The molecular formula is C21H20N4O2S. The summed E-state index contributed by atoms with van der Waals surface area (Å²) in [6.07, 6.45) is 2.68. The van der Waals surface area contributed by atoms with Crippen LogP contribution in [0.3, 0.4) is 0 Å². The van der Waals surface area contributed by atoms with Gasteiger partial charge in [-0.15, -0.1) is 0 Å². The average Bonchev–Trinajstić information content (AvgIpc) is 3.10. The first-order valence-electron chi connectivity index (χ1n) is 9.13. The van der Waals surface area contributed by atoms with Crippen LogP contribution in [0.5, 0.6) is 0 Å². The first-order chi connectivity index (χ1) is 13.6. The van der Waals surface area contributed by atoms with Crippen molar-refractivity contribution in [3.8, 4) is 0 Å². The van der Waals surface area contributed by atoms with E-state index in [1.165, 1.54) is 11.3 Å². The quantitative estimate of drug-likeness (QED) is 0.740. The molecule has 1 aliphatic rings. The van der Waals surface area contributed by atoms with E-state index in [-0.39, 0.29) is 11.8 Å². The van der Waals surface area contributed by atoms with Gasteiger partial charge in [0.25, 0.3) is 5.91 Å². The van der Waals surface area contributed by atoms with E-state index < -0.39 is 0 Å². The molecule has 1 aliphatic heterocycles. The number of hydrogen-bond donors (Lipinski definition) is 1. The van der Waals surface area contributed by atoms with Gasteiger partial charge >= 0.3 is 0 Å². The number of nitrogens with zero attached hydrogens (tertiary/aromatic N) is 3. The molecule has 0 aliphatic carbocycles. The summed E-state index contributed by atoms with van der Waals surface area (Å²) >= 11 is 1.42. The van der Waals surface area contributed by atoms with E-state index in [9.17, 15) is 9.59 Å². The SMILES string of the molecule is Cc1cccc(CC(=O)N2CCc3nc(NC(=O)c4ccccn4)sc3C2)c1. The van der Waals surface area contributed by atoms with Crippen molar-refractivity contribution in [2.75, 3.05) is 11.9 Å². The minimum atomic E-state index is -0.279. The first-order valence-corrected chi connectivity index (χ1v) is 9.94. The summed E-state index contributed by atoms with van der Waals surface area (Å²) in [6, 6.07) is 13.2. The Morgan fingerprint density at radius 1 is 1.21 bits per heavy atom. The largest absolute Gasteiger partial charge is 0.337 e. The van der Waals surface area contributed by atoms with Crippen LogP contribution < -0.4 is 5.32 Å². The summed E-state index contributed by atoms with van der Waals surface area (Å²) in [6.45, 7) is 3.21. The maximum atomic E-state index is 12.7. The van der Waals surface area contributed by atoms with Crippen LogP contribution >= 0.6 is 11.3 Å². The Bertz CT molecular complexity index is 1020. The monoisotopic (exact) mass is 392 g/mol. The Labute approximate surface area is 167 Å². The highest BCUT2D eigenvalue weighted by molar-refractivity contribution is 7.15. The summed E-state index contributed by atoms with van der Waals surface area (Å²) in [5.74, 6) is -0.164. The number of hydrogen-bond acceptors (Lipinski definition) is 5. The van der Waals surface area contributed by atoms with Crippen LogP contribution in [-0.4, -0.2) is 33.2 Å². The smallest absolute Gasteiger partial charge is 0.276 e. The molecule has 0 atom stereocenters. The van der Waals surface area contributed by atoms with E-state index in [0.29, 0.717) is 36.8 Å². The number of fused-ring (bicyclic) bond motifs is 1. The number of pyridine rings is 1. The van der Waals surface area contributed by atoms with E-state index in [2.05, 4.69) is 15.3 Å². The van der Waals surface area contributed by atoms with Gasteiger partial charge in [0.05, 0.1) is 18.7 Å². The number of thiazole rings is 1. The van der Waals surface area contributed by atoms with Crippen molar-refractivity contribution in [1.29, 1.82) is 0 Å². The van der Waals surface area contributed by atoms with E-state index in [1.54, 1.807) is 24.4 Å². The molecule has 1 N–H and O–H groups in total. The normalized spacial score (nSPS) is 13.1. The van der Waals surface area contributed by atoms with Gasteiger partial charge < -0.3 is 4.90 Å². The van der Waals surface area contributed by atoms with Gasteiger partial charge in [-0.05, 0) is 24.6 Å². The number of carbonyl (C=O) groups is 2. The molecule has 3 aromatic rings. The van der Waals surface area contributed by atoms with Crippen LogP contribution in [0.4, 0.5) is 5.13 Å². The highest BCUT2D eigenvalue weighted by Crippen LogP contribution is 2.29. The molecule has 0 spiro atoms. The van der Waals surface area contributed by atoms with Crippen LogP contribution in [0.25, 0.3) is 0 Å². The Hall–Kier alpha value is -3.06. The minimum absolute atomic E-state index is 0.115. The van der Waals surface area contributed by atoms with Gasteiger partial charge in [-0.2, -0.15) is 0 Å². The lowest BCUT2D eigenvalue weighted by atomic mass is 10.1. The highest BCUT2D eigenvalue weighted by atomic mass is 32.1. The van der Waals surface area contributed by atoms with Crippen LogP contribution in [0, 0.1) is 6.92 Å². The molecular weight excluding hydrogens is 372 g/mol. The molecule has 28 heavy (non-hydrogen) atoms. The second kappa shape index (κ2) is 7.90. The summed E-state index contributed by atoms with van der Waals surface area (Å²) < 4.78 is 0. The third-order valence-electron chi connectivity index (χ3n) is 4.64. The molecule has 0 unspecified atom stereocenters. The van der Waals surface area contributed by atoms with Gasteiger partial charge in [-0.3, -0.25) is 19.9 Å². The number of amides is 2. The summed E-state index contributed by atoms with van der Waals surface area (Å²) in [5, 5.41) is 3.36. The van der Waals surface area contributed by atoms with Crippen molar-refractivity contribution in [3.05, 3.63) is 76.1 Å². The number of rotatable bonds is 4. The van der Waals surface area contributed by atoms with Gasteiger partial charge in [-0.25, -0.2) is 4.98 Å². The molecule has 2 aromatic heterocycles. The number of nitrogens with one attached hydrogen (secondary N) is 1. The zero-order valence-corrected chi connectivity index (χ0v) is 16.3. The molecule has 4 rings (SSSR count). The molecule has 7 heteroatoms. The summed E-state index contributed by atoms with van der Waals surface area (Å²) in [4.78, 5) is 36.4. The second-order valence-electron chi connectivity index (χ2n) is 6.79. The van der Waals surface area contributed by atoms with Crippen molar-refractivity contribution in [3.63, 3.8) is 0 Å². The second-order valence-corrected chi connectivity index (χ2v) is 7.87. The van der Waals surface area contributed by atoms with Crippen molar-refractivity contribution in [2.45, 2.75) is 26.3 Å². The molecule has 0 bridgehead atoms. The predicted octanol–water partition coefficient (Wildman–Crippen LogP) is 3.23. The first kappa shape index (κ1) is 18.3. The number of benzene rings is 1. The van der Waals surface area contributed by atoms with Crippen molar-refractivity contribution < 1.29 is 9.59 Å². The van der Waals surface area contributed by atoms with Crippen LogP contribution in [0.1, 0.15) is 32.2 Å². The van der Waals surface area contributed by atoms with Crippen LogP contribution in [0.2, 0.25) is 0 Å². The maximum absolute atomic E-state index is 12.7. The fraction of sp³-hybridized carbons (Fsp3) is 0.238. The number of aryl methyl sites for hydroxylation is 1. The van der Waals surface area contributed by atoms with Gasteiger partial charge in [0.1, 0.15) is 5.69 Å². The molecule has 0 saturated heterocycles. The molecule has 0 fully saturated rings. The van der Waals surface area contributed by atoms with Crippen molar-refractivity contribution in [2.24, 2.45) is 0 Å². The molecule has 0 radical (unpaired) electrons. The fourth-order valence-corrected chi connectivity index (χ4v) is 4.25. The maximum Gasteiger partial charge on any atom is 0.276 e. The molecule has 142 valence electrons. The van der Waals surface area contributed by atoms with E-state index in [0.717, 1.165) is 21.7 Å². The lowest BCUT2D eigenvalue weighted by molar-refractivity contribution is -0.131. The van der Waals surface area contributed by atoms with Gasteiger partial charge in [-0.1, -0.05) is 47.2 Å². The Morgan fingerprint density at radius 2 is 2.11 bits per heavy atom. The number of carbonyl (C=O) groups excluding carboxylic acids is 2. The third kappa shape index (κ3) is 4.09. The topological polar surface area (TPSA) is 75.2 Å². The zero-order chi connectivity index (χ0) is 19.5. The van der Waals surface area contributed by atoms with Gasteiger partial charge in [0.15, 0.2) is 5.13 Å². The van der Waals surface area contributed by atoms with Crippen LogP contribution in [-0.2, 0) is 24.2 Å². The van der Waals surface area contributed by atoms with E-state index in [4.69, 9.17) is 0 Å². The van der Waals surface area contributed by atoms with Crippen molar-refractivity contribution >= 4 is 28.3 Å². The number of aromatic nitrogens is 2. The predicted molar refractivity (Wildman–Crippen MR) is 108 cm³/mol. The Morgan fingerprint density at radius 3 is 2.89 bits per heavy atom. The fourth-order valence-electron chi connectivity index (χ4n) is 3.23. The lowest BCUT2D eigenvalue weighted by Gasteiger charge is -2.26. The standard InChI is InChI=1S/C21H20N4O2S/c1-14-5-4-6-15(11-14)12-19(26)25-10-8-16-18(13-25)28-21(23-16)24-20(27)17-7-2-3-9-22-17/h2-7,9,11H,8,10,12-13H2,1H3,(H,23,24,27). The number of anilines is 1. The molecule has 1 aromatic carbocycles. The average molecular weight is 392 g/mol. The van der Waals surface area contributed by atoms with Gasteiger partial charge in [0.2, 0.25) is 5.91 Å². The van der Waals surface area contributed by atoms with E-state index >= 15 is 0 Å². The molecule has 2 amide bonds. The molecule has 3 heterocycles. The summed E-state index contributed by atoms with van der Waals surface area (Å²) in [5.41, 5.74) is 3.50. The van der Waals surface area contributed by atoms with Crippen LogP contribution in [0.15, 0.2) is 48.7 Å². The Balaban J connectivity index is 1.41. The lowest BCUT2D eigenvalue weighted by Crippen LogP contribution is -2.36. The van der Waals surface area contributed by atoms with E-state index in [1.807, 2.05) is 36.1 Å². The minimum Gasteiger partial charge on any atom is -0.337 e. The van der Waals surface area contributed by atoms with Crippen molar-refractivity contribution in [1.82, 2.24) is 14.9 Å². The zero-order valence-electron chi connectivity index (χ0n) is 15.5. The summed E-state index contributed by atoms with van der Waals surface area (Å²) in [7, 11) is 0. The third-order valence-corrected chi connectivity index (χ3v) is 5.64. The Kier molecular flexibility index (Phi) is 5.16. The highest BCUT2D eigenvalue weighted by Gasteiger charge is 2.24. The van der Waals surface area contributed by atoms with Gasteiger partial charge in [0, 0.05) is 24.0 Å². The molecule has 0 saturated carbocycles. The molecule has 6 nitrogen and oxygen atoms in total.